The van der Waals surface area contributed by atoms with Crippen LogP contribution in [0.5, 0.6) is 5.75 Å². The van der Waals surface area contributed by atoms with Crippen LogP contribution in [0, 0.1) is 5.82 Å². The van der Waals surface area contributed by atoms with E-state index in [0.717, 1.165) is 38.4 Å². The second-order valence-corrected chi connectivity index (χ2v) is 7.81. The average molecular weight is 477 g/mol. The van der Waals surface area contributed by atoms with Gasteiger partial charge in [-0.2, -0.15) is 5.10 Å². The number of halogens is 2. The van der Waals surface area contributed by atoms with Crippen molar-refractivity contribution in [3.8, 4) is 5.75 Å². The van der Waals surface area contributed by atoms with Gasteiger partial charge in [0.1, 0.15) is 17.1 Å². The number of ether oxygens (including phenoxy) is 2. The number of carbonyl (C=O) groups is 1. The Bertz CT molecular complexity index is 1070. The highest BCUT2D eigenvalue weighted by atomic mass is 79.9. The maximum Gasteiger partial charge on any atom is 0.276 e. The lowest BCUT2D eigenvalue weighted by atomic mass is 10.2. The monoisotopic (exact) mass is 476 g/mol. The summed E-state index contributed by atoms with van der Waals surface area (Å²) >= 11 is 3.28. The first-order valence-electron chi connectivity index (χ1n) is 9.67. The number of morpholine rings is 1. The van der Waals surface area contributed by atoms with Crippen LogP contribution in [-0.2, 0) is 11.3 Å². The number of anilines is 1. The summed E-state index contributed by atoms with van der Waals surface area (Å²) in [5.41, 5.74) is 1.54. The molecule has 1 aromatic heterocycles. The van der Waals surface area contributed by atoms with E-state index < -0.39 is 0 Å². The number of carbonyl (C=O) groups excluding carboxylic acids is 1. The molecule has 0 atom stereocenters. The Morgan fingerprint density at radius 1 is 1.27 bits per heavy atom. The van der Waals surface area contributed by atoms with E-state index >= 15 is 0 Å². The minimum atomic E-state index is -0.387. The predicted octanol–water partition coefficient (Wildman–Crippen LogP) is 3.53. The summed E-state index contributed by atoms with van der Waals surface area (Å²) in [6.07, 6.45) is 0. The molecule has 158 valence electrons. The number of nitrogens with zero attached hydrogens (tertiary/aromatic N) is 3. The van der Waals surface area contributed by atoms with Crippen molar-refractivity contribution in [2.75, 3.05) is 45.3 Å². The van der Waals surface area contributed by atoms with E-state index in [1.807, 2.05) is 22.9 Å². The van der Waals surface area contributed by atoms with Gasteiger partial charge in [0, 0.05) is 29.5 Å². The fourth-order valence-electron chi connectivity index (χ4n) is 3.53. The molecule has 0 bridgehead atoms. The zero-order chi connectivity index (χ0) is 21.1. The fraction of sp³-hybridized carbons (Fsp3) is 0.333. The van der Waals surface area contributed by atoms with E-state index in [2.05, 4.69) is 31.2 Å². The first-order chi connectivity index (χ1) is 14.6. The SMILES string of the molecule is COc1cccc2c(C(=O)Nc3ccc(F)cc3Br)nn(CCN3CCOCC3)c12. The highest BCUT2D eigenvalue weighted by molar-refractivity contribution is 9.10. The average Bonchev–Trinajstić information content (AvgIpc) is 3.14. The normalized spacial score (nSPS) is 14.8. The molecule has 0 saturated carbocycles. The molecule has 1 aliphatic rings. The Hall–Kier alpha value is -2.49. The summed E-state index contributed by atoms with van der Waals surface area (Å²) < 4.78 is 26.6. The molecule has 0 aliphatic carbocycles. The second-order valence-electron chi connectivity index (χ2n) is 6.96. The number of fused-ring (bicyclic) bond motifs is 1. The van der Waals surface area contributed by atoms with Gasteiger partial charge in [-0.1, -0.05) is 12.1 Å². The minimum absolute atomic E-state index is 0.294. The molecule has 9 heteroatoms. The van der Waals surface area contributed by atoms with Crippen LogP contribution in [0.3, 0.4) is 0 Å². The second kappa shape index (κ2) is 9.11. The van der Waals surface area contributed by atoms with Crippen LogP contribution in [-0.4, -0.2) is 60.5 Å². The van der Waals surface area contributed by atoms with Crippen LogP contribution in [0.15, 0.2) is 40.9 Å². The van der Waals surface area contributed by atoms with Gasteiger partial charge in [0.25, 0.3) is 5.91 Å². The third kappa shape index (κ3) is 4.33. The molecule has 30 heavy (non-hydrogen) atoms. The van der Waals surface area contributed by atoms with E-state index in [-0.39, 0.29) is 11.7 Å². The van der Waals surface area contributed by atoms with Gasteiger partial charge in [-0.15, -0.1) is 0 Å². The fourth-order valence-corrected chi connectivity index (χ4v) is 3.98. The van der Waals surface area contributed by atoms with E-state index in [0.29, 0.717) is 33.5 Å². The van der Waals surface area contributed by atoms with Crippen molar-refractivity contribution in [1.82, 2.24) is 14.7 Å². The molecule has 0 radical (unpaired) electrons. The van der Waals surface area contributed by atoms with Crippen molar-refractivity contribution in [2.24, 2.45) is 0 Å². The van der Waals surface area contributed by atoms with Crippen LogP contribution in [0.2, 0.25) is 0 Å². The third-order valence-corrected chi connectivity index (χ3v) is 5.74. The van der Waals surface area contributed by atoms with Crippen LogP contribution < -0.4 is 10.1 Å². The Labute approximate surface area is 181 Å². The summed E-state index contributed by atoms with van der Waals surface area (Å²) in [7, 11) is 1.60. The van der Waals surface area contributed by atoms with Crippen LogP contribution >= 0.6 is 15.9 Å². The molecule has 0 spiro atoms. The van der Waals surface area contributed by atoms with E-state index in [1.54, 1.807) is 7.11 Å². The topological polar surface area (TPSA) is 68.6 Å². The molecule has 1 N–H and O–H groups in total. The Morgan fingerprint density at radius 3 is 2.80 bits per heavy atom. The van der Waals surface area contributed by atoms with Gasteiger partial charge in [-0.3, -0.25) is 14.4 Å². The maximum absolute atomic E-state index is 13.4. The highest BCUT2D eigenvalue weighted by Crippen LogP contribution is 2.29. The van der Waals surface area contributed by atoms with Crippen molar-refractivity contribution in [3.05, 3.63) is 52.4 Å². The van der Waals surface area contributed by atoms with Crippen molar-refractivity contribution in [1.29, 1.82) is 0 Å². The van der Waals surface area contributed by atoms with Crippen molar-refractivity contribution in [2.45, 2.75) is 6.54 Å². The zero-order valence-electron chi connectivity index (χ0n) is 16.5. The number of hydrogen-bond donors (Lipinski definition) is 1. The summed E-state index contributed by atoms with van der Waals surface area (Å²) in [6, 6.07) is 9.65. The van der Waals surface area contributed by atoms with Crippen molar-refractivity contribution in [3.63, 3.8) is 0 Å². The molecule has 1 saturated heterocycles. The number of amides is 1. The first-order valence-corrected chi connectivity index (χ1v) is 10.5. The molecular weight excluding hydrogens is 455 g/mol. The lowest BCUT2D eigenvalue weighted by Crippen LogP contribution is -2.38. The predicted molar refractivity (Wildman–Crippen MR) is 116 cm³/mol. The Morgan fingerprint density at radius 2 is 2.07 bits per heavy atom. The summed E-state index contributed by atoms with van der Waals surface area (Å²) in [5.74, 6) is -0.0999. The lowest BCUT2D eigenvalue weighted by Gasteiger charge is -2.26. The largest absolute Gasteiger partial charge is 0.494 e. The Balaban J connectivity index is 1.64. The molecular formula is C21H22BrFN4O3. The minimum Gasteiger partial charge on any atom is -0.494 e. The van der Waals surface area contributed by atoms with Crippen molar-refractivity contribution < 1.29 is 18.7 Å². The van der Waals surface area contributed by atoms with Gasteiger partial charge >= 0.3 is 0 Å². The van der Waals surface area contributed by atoms with E-state index in [9.17, 15) is 9.18 Å². The molecule has 1 fully saturated rings. The van der Waals surface area contributed by atoms with Gasteiger partial charge in [0.2, 0.25) is 0 Å². The van der Waals surface area contributed by atoms with Gasteiger partial charge < -0.3 is 14.8 Å². The number of para-hydroxylation sites is 1. The zero-order valence-corrected chi connectivity index (χ0v) is 18.1. The molecule has 0 unspecified atom stereocenters. The Kier molecular flexibility index (Phi) is 6.31. The molecule has 3 aromatic rings. The molecule has 7 nitrogen and oxygen atoms in total. The number of nitrogens with one attached hydrogen (secondary N) is 1. The number of methoxy groups -OCH3 is 1. The van der Waals surface area contributed by atoms with Crippen LogP contribution in [0.25, 0.3) is 10.9 Å². The number of benzene rings is 2. The summed E-state index contributed by atoms with van der Waals surface area (Å²) in [5, 5.41) is 8.11. The van der Waals surface area contributed by atoms with Gasteiger partial charge in [-0.25, -0.2) is 4.39 Å². The van der Waals surface area contributed by atoms with Crippen LogP contribution in [0.1, 0.15) is 10.5 Å². The third-order valence-electron chi connectivity index (χ3n) is 5.08. The summed E-state index contributed by atoms with van der Waals surface area (Å²) in [4.78, 5) is 15.3. The standard InChI is InChI=1S/C21H22BrFN4O3/c1-29-18-4-2-3-15-19(21(28)24-17-6-5-14(23)13-16(17)22)25-27(20(15)18)8-7-26-9-11-30-12-10-26/h2-6,13H,7-12H2,1H3,(H,24,28). The van der Waals surface area contributed by atoms with E-state index in [1.165, 1.54) is 18.2 Å². The number of rotatable bonds is 6. The molecule has 2 heterocycles. The van der Waals surface area contributed by atoms with Gasteiger partial charge in [0.05, 0.1) is 32.6 Å². The molecule has 4 rings (SSSR count). The lowest BCUT2D eigenvalue weighted by molar-refractivity contribution is 0.0361. The molecule has 2 aromatic carbocycles. The van der Waals surface area contributed by atoms with Crippen molar-refractivity contribution >= 4 is 38.4 Å². The van der Waals surface area contributed by atoms with Gasteiger partial charge in [0.15, 0.2) is 5.69 Å². The smallest absolute Gasteiger partial charge is 0.276 e. The quantitative estimate of drug-likeness (QED) is 0.589. The molecule has 1 amide bonds. The highest BCUT2D eigenvalue weighted by Gasteiger charge is 2.21. The van der Waals surface area contributed by atoms with E-state index in [4.69, 9.17) is 9.47 Å². The van der Waals surface area contributed by atoms with Crippen LogP contribution in [0.4, 0.5) is 10.1 Å². The maximum atomic E-state index is 13.4. The summed E-state index contributed by atoms with van der Waals surface area (Å²) in [6.45, 7) is 4.62. The van der Waals surface area contributed by atoms with Gasteiger partial charge in [-0.05, 0) is 40.2 Å². The number of hydrogen-bond acceptors (Lipinski definition) is 5. The number of aromatic nitrogens is 2. The molecule has 1 aliphatic heterocycles. The first kappa shape index (κ1) is 20.8.